The molecule has 1 saturated heterocycles. The zero-order chi connectivity index (χ0) is 18.8. The molecule has 0 spiro atoms. The monoisotopic (exact) mass is 365 g/mol. The number of hydrogen-bond donors (Lipinski definition) is 1. The van der Waals surface area contributed by atoms with Gasteiger partial charge in [0.2, 0.25) is 5.91 Å². The van der Waals surface area contributed by atoms with Gasteiger partial charge in [-0.2, -0.15) is 5.10 Å². The number of aromatic nitrogens is 4. The standard InChI is InChI=1S/C20H23N5O2/c1-14-5-3-4-6-18(14)25-13-16(10-22-25)17-11-21-20(23-17)15-9-19(26)24(12-15)7-8-27-2/h3-6,10-11,13,15H,7-9,12H2,1-2H3,(H,21,23)/t15-/m0/s1. The fourth-order valence-corrected chi connectivity index (χ4v) is 3.48. The summed E-state index contributed by atoms with van der Waals surface area (Å²) in [6.07, 6.45) is 6.12. The number of para-hydroxylation sites is 1. The van der Waals surface area contributed by atoms with Crippen molar-refractivity contribution < 1.29 is 9.53 Å². The molecule has 3 aromatic rings. The third kappa shape index (κ3) is 3.50. The van der Waals surface area contributed by atoms with E-state index >= 15 is 0 Å². The summed E-state index contributed by atoms with van der Waals surface area (Å²) >= 11 is 0. The maximum Gasteiger partial charge on any atom is 0.223 e. The lowest BCUT2D eigenvalue weighted by Crippen LogP contribution is -2.28. The van der Waals surface area contributed by atoms with E-state index in [9.17, 15) is 4.79 Å². The number of amides is 1. The smallest absolute Gasteiger partial charge is 0.223 e. The molecule has 1 amide bonds. The molecule has 1 aliphatic rings. The van der Waals surface area contributed by atoms with Crippen LogP contribution in [0.2, 0.25) is 0 Å². The average Bonchev–Trinajstić information content (AvgIpc) is 3.39. The van der Waals surface area contributed by atoms with Gasteiger partial charge in [0.25, 0.3) is 0 Å². The van der Waals surface area contributed by atoms with E-state index in [-0.39, 0.29) is 11.8 Å². The number of aryl methyl sites for hydroxylation is 1. The Bertz CT molecular complexity index is 945. The van der Waals surface area contributed by atoms with Crippen molar-refractivity contribution in [3.63, 3.8) is 0 Å². The Kier molecular flexibility index (Phi) is 4.77. The van der Waals surface area contributed by atoms with Crippen LogP contribution in [0.4, 0.5) is 0 Å². The summed E-state index contributed by atoms with van der Waals surface area (Å²) in [6.45, 7) is 3.93. The first-order valence-electron chi connectivity index (χ1n) is 9.08. The van der Waals surface area contributed by atoms with Crippen LogP contribution in [0.15, 0.2) is 42.9 Å². The minimum absolute atomic E-state index is 0.0921. The molecule has 4 rings (SSSR count). The predicted molar refractivity (Wildman–Crippen MR) is 102 cm³/mol. The molecule has 1 aromatic carbocycles. The molecular formula is C20H23N5O2. The first kappa shape index (κ1) is 17.5. The number of aromatic amines is 1. The van der Waals surface area contributed by atoms with Crippen LogP contribution in [0.1, 0.15) is 23.7 Å². The van der Waals surface area contributed by atoms with Gasteiger partial charge in [0.1, 0.15) is 5.82 Å². The second kappa shape index (κ2) is 7.36. The fraction of sp³-hybridized carbons (Fsp3) is 0.350. The van der Waals surface area contributed by atoms with Crippen LogP contribution in [0.5, 0.6) is 0 Å². The van der Waals surface area contributed by atoms with Crippen LogP contribution < -0.4 is 0 Å². The maximum absolute atomic E-state index is 12.1. The number of imidazole rings is 1. The Morgan fingerprint density at radius 1 is 1.30 bits per heavy atom. The van der Waals surface area contributed by atoms with Crippen LogP contribution in [0.25, 0.3) is 16.9 Å². The third-order valence-corrected chi connectivity index (χ3v) is 5.02. The van der Waals surface area contributed by atoms with E-state index in [0.29, 0.717) is 26.1 Å². The summed E-state index contributed by atoms with van der Waals surface area (Å²) in [5, 5.41) is 4.48. The number of hydrogen-bond acceptors (Lipinski definition) is 4. The quantitative estimate of drug-likeness (QED) is 0.728. The van der Waals surface area contributed by atoms with Gasteiger partial charge in [-0.1, -0.05) is 18.2 Å². The topological polar surface area (TPSA) is 76.0 Å². The molecular weight excluding hydrogens is 342 g/mol. The van der Waals surface area contributed by atoms with Crippen molar-refractivity contribution in [1.29, 1.82) is 0 Å². The largest absolute Gasteiger partial charge is 0.383 e. The first-order chi connectivity index (χ1) is 13.2. The van der Waals surface area contributed by atoms with Crippen molar-refractivity contribution in [1.82, 2.24) is 24.6 Å². The summed E-state index contributed by atoms with van der Waals surface area (Å²) in [7, 11) is 1.65. The van der Waals surface area contributed by atoms with Crippen LogP contribution in [-0.2, 0) is 9.53 Å². The first-order valence-corrected chi connectivity index (χ1v) is 9.08. The van der Waals surface area contributed by atoms with E-state index < -0.39 is 0 Å². The molecule has 1 atom stereocenters. The van der Waals surface area contributed by atoms with Crippen molar-refractivity contribution in [3.05, 3.63) is 54.2 Å². The Morgan fingerprint density at radius 2 is 2.15 bits per heavy atom. The molecule has 0 bridgehead atoms. The molecule has 0 radical (unpaired) electrons. The Hall–Kier alpha value is -2.93. The zero-order valence-corrected chi connectivity index (χ0v) is 15.6. The van der Waals surface area contributed by atoms with E-state index in [1.165, 1.54) is 0 Å². The highest BCUT2D eigenvalue weighted by molar-refractivity contribution is 5.79. The number of methoxy groups -OCH3 is 1. The summed E-state index contributed by atoms with van der Waals surface area (Å²) in [5.74, 6) is 1.10. The van der Waals surface area contributed by atoms with Gasteiger partial charge in [-0.25, -0.2) is 9.67 Å². The van der Waals surface area contributed by atoms with E-state index in [0.717, 1.165) is 28.3 Å². The lowest BCUT2D eigenvalue weighted by molar-refractivity contribution is -0.128. The summed E-state index contributed by atoms with van der Waals surface area (Å²) < 4.78 is 6.95. The van der Waals surface area contributed by atoms with E-state index in [2.05, 4.69) is 28.1 Å². The second-order valence-electron chi connectivity index (χ2n) is 6.88. The molecule has 0 unspecified atom stereocenters. The van der Waals surface area contributed by atoms with Crippen LogP contribution >= 0.6 is 0 Å². The lowest BCUT2D eigenvalue weighted by Gasteiger charge is -2.15. The van der Waals surface area contributed by atoms with Crippen molar-refractivity contribution in [2.75, 3.05) is 26.8 Å². The molecule has 140 valence electrons. The van der Waals surface area contributed by atoms with Gasteiger partial charge in [0, 0.05) is 44.3 Å². The van der Waals surface area contributed by atoms with E-state index in [1.807, 2.05) is 46.4 Å². The highest BCUT2D eigenvalue weighted by atomic mass is 16.5. The minimum Gasteiger partial charge on any atom is -0.383 e. The third-order valence-electron chi connectivity index (χ3n) is 5.02. The number of nitrogens with one attached hydrogen (secondary N) is 1. The number of carbonyl (C=O) groups excluding carboxylic acids is 1. The molecule has 3 heterocycles. The zero-order valence-electron chi connectivity index (χ0n) is 15.6. The number of carbonyl (C=O) groups is 1. The van der Waals surface area contributed by atoms with Gasteiger partial charge in [-0.15, -0.1) is 0 Å². The lowest BCUT2D eigenvalue weighted by atomic mass is 10.1. The molecule has 0 saturated carbocycles. The molecule has 1 fully saturated rings. The Labute approximate surface area is 158 Å². The molecule has 0 aliphatic carbocycles. The van der Waals surface area contributed by atoms with E-state index in [4.69, 9.17) is 4.74 Å². The van der Waals surface area contributed by atoms with Crippen LogP contribution in [0, 0.1) is 6.92 Å². The molecule has 1 N–H and O–H groups in total. The van der Waals surface area contributed by atoms with Crippen LogP contribution in [0.3, 0.4) is 0 Å². The Balaban J connectivity index is 1.51. The predicted octanol–water partition coefficient (Wildman–Crippen LogP) is 2.53. The number of nitrogens with zero attached hydrogens (tertiary/aromatic N) is 4. The summed E-state index contributed by atoms with van der Waals surface area (Å²) in [4.78, 5) is 21.9. The Morgan fingerprint density at radius 3 is 2.96 bits per heavy atom. The molecule has 7 heteroatoms. The van der Waals surface area contributed by atoms with Crippen molar-refractivity contribution in [2.24, 2.45) is 0 Å². The van der Waals surface area contributed by atoms with Crippen molar-refractivity contribution in [2.45, 2.75) is 19.3 Å². The van der Waals surface area contributed by atoms with Crippen LogP contribution in [-0.4, -0.2) is 57.4 Å². The molecule has 2 aromatic heterocycles. The average molecular weight is 365 g/mol. The summed E-state index contributed by atoms with van der Waals surface area (Å²) in [6, 6.07) is 8.13. The number of ether oxygens (including phenoxy) is 1. The van der Waals surface area contributed by atoms with Gasteiger partial charge < -0.3 is 14.6 Å². The number of H-pyrrole nitrogens is 1. The van der Waals surface area contributed by atoms with Crippen molar-refractivity contribution in [3.8, 4) is 16.9 Å². The normalized spacial score (nSPS) is 17.0. The number of likely N-dealkylation sites (tertiary alicyclic amines) is 1. The van der Waals surface area contributed by atoms with Gasteiger partial charge in [-0.3, -0.25) is 4.79 Å². The van der Waals surface area contributed by atoms with Gasteiger partial charge in [-0.05, 0) is 18.6 Å². The summed E-state index contributed by atoms with van der Waals surface area (Å²) in [5.41, 5.74) is 4.10. The van der Waals surface area contributed by atoms with Gasteiger partial charge in [0.05, 0.1) is 30.4 Å². The molecule has 7 nitrogen and oxygen atoms in total. The second-order valence-corrected chi connectivity index (χ2v) is 6.88. The van der Waals surface area contributed by atoms with Gasteiger partial charge >= 0.3 is 0 Å². The molecule has 1 aliphatic heterocycles. The van der Waals surface area contributed by atoms with Crippen molar-refractivity contribution >= 4 is 5.91 Å². The fourth-order valence-electron chi connectivity index (χ4n) is 3.48. The van der Waals surface area contributed by atoms with Gasteiger partial charge in [0.15, 0.2) is 0 Å². The number of benzene rings is 1. The molecule has 27 heavy (non-hydrogen) atoms. The highest BCUT2D eigenvalue weighted by Crippen LogP contribution is 2.28. The SMILES string of the molecule is COCCN1C[C@@H](c2ncc(-c3cnn(-c4ccccc4C)c3)[nH]2)CC1=O. The highest BCUT2D eigenvalue weighted by Gasteiger charge is 2.32. The maximum atomic E-state index is 12.1. The van der Waals surface area contributed by atoms with E-state index in [1.54, 1.807) is 7.11 Å². The number of rotatable bonds is 6. The minimum atomic E-state index is 0.0921.